The van der Waals surface area contributed by atoms with Gasteiger partial charge in [0.25, 0.3) is 0 Å². The van der Waals surface area contributed by atoms with Gasteiger partial charge < -0.3 is 24.2 Å². The molecule has 8 heteroatoms. The summed E-state index contributed by atoms with van der Waals surface area (Å²) in [7, 11) is -0.868. The highest BCUT2D eigenvalue weighted by atomic mass is 16.7. The van der Waals surface area contributed by atoms with Crippen LogP contribution in [0.4, 0.5) is 5.82 Å². The predicted octanol–water partition coefficient (Wildman–Crippen LogP) is 1.83. The Morgan fingerprint density at radius 1 is 1.32 bits per heavy atom. The number of nitrogens with zero attached hydrogens (tertiary/aromatic N) is 2. The van der Waals surface area contributed by atoms with Crippen molar-refractivity contribution in [3.8, 4) is 5.75 Å². The Morgan fingerprint density at radius 2 is 1.91 bits per heavy atom. The van der Waals surface area contributed by atoms with E-state index in [9.17, 15) is 10.1 Å². The van der Waals surface area contributed by atoms with Gasteiger partial charge in [-0.25, -0.2) is 0 Å². The van der Waals surface area contributed by atoms with E-state index in [0.29, 0.717) is 5.75 Å². The fourth-order valence-electron chi connectivity index (χ4n) is 2.24. The molecule has 0 amide bonds. The highest BCUT2D eigenvalue weighted by Crippen LogP contribution is 2.38. The maximum absolute atomic E-state index is 11.3. The third-order valence-corrected chi connectivity index (χ3v) is 4.41. The van der Waals surface area contributed by atoms with Crippen molar-refractivity contribution in [3.63, 3.8) is 0 Å². The van der Waals surface area contributed by atoms with Crippen LogP contribution in [0.15, 0.2) is 12.3 Å². The summed E-state index contributed by atoms with van der Waals surface area (Å²) in [6, 6.07) is 1.63. The van der Waals surface area contributed by atoms with E-state index in [1.165, 1.54) is 6.20 Å². The van der Waals surface area contributed by atoms with E-state index in [1.54, 1.807) is 6.07 Å². The molecule has 1 saturated carbocycles. The molecule has 2 aliphatic rings. The second-order valence-corrected chi connectivity index (χ2v) is 6.71. The maximum atomic E-state index is 11.3. The Labute approximate surface area is 129 Å². The number of rotatable bonds is 4. The van der Waals surface area contributed by atoms with Crippen molar-refractivity contribution in [2.24, 2.45) is 0 Å². The van der Waals surface area contributed by atoms with Crippen LogP contribution >= 0.6 is 0 Å². The van der Waals surface area contributed by atoms with Crippen LogP contribution in [0.1, 0.15) is 40.5 Å². The first-order valence-corrected chi connectivity index (χ1v) is 7.37. The quantitative estimate of drug-likeness (QED) is 0.479. The molecule has 2 heterocycles. The molecule has 1 aliphatic heterocycles. The van der Waals surface area contributed by atoms with Gasteiger partial charge in [0.2, 0.25) is 0 Å². The second kappa shape index (κ2) is 4.92. The van der Waals surface area contributed by atoms with Gasteiger partial charge in [-0.05, 0) is 50.4 Å². The molecule has 0 bridgehead atoms. The number of aromatic nitrogens is 1. The minimum atomic E-state index is -0.868. The van der Waals surface area contributed by atoms with Crippen molar-refractivity contribution < 1.29 is 19.0 Å². The summed E-state index contributed by atoms with van der Waals surface area (Å²) >= 11 is 0. The minimum absolute atomic E-state index is 0.114. The molecule has 0 radical (unpaired) electrons. The molecular weight excluding hydrogens is 287 g/mol. The van der Waals surface area contributed by atoms with Gasteiger partial charge in [-0.3, -0.25) is 0 Å². The van der Waals surface area contributed by atoms with Gasteiger partial charge in [-0.2, -0.15) is 0 Å². The summed E-state index contributed by atoms with van der Waals surface area (Å²) in [4.78, 5) is 14.7. The van der Waals surface area contributed by atoms with E-state index in [1.807, 2.05) is 27.7 Å². The van der Waals surface area contributed by atoms with Crippen molar-refractivity contribution in [2.75, 3.05) is 0 Å². The zero-order valence-corrected chi connectivity index (χ0v) is 13.2. The highest BCUT2D eigenvalue weighted by molar-refractivity contribution is 6.64. The third kappa shape index (κ3) is 2.57. The smallest absolute Gasteiger partial charge is 0.490 e. The fraction of sp³-hybridized carbons (Fsp3) is 0.643. The molecule has 7 nitrogen and oxygen atoms in total. The summed E-state index contributed by atoms with van der Waals surface area (Å²) in [6.07, 6.45) is 3.41. The van der Waals surface area contributed by atoms with Crippen LogP contribution in [0.3, 0.4) is 0 Å². The molecular formula is C14H19BN2O5. The lowest BCUT2D eigenvalue weighted by molar-refractivity contribution is -0.388. The zero-order chi connectivity index (χ0) is 16.1. The summed E-state index contributed by atoms with van der Waals surface area (Å²) in [5, 5.41) is 11.3. The predicted molar refractivity (Wildman–Crippen MR) is 80.3 cm³/mol. The number of pyridine rings is 1. The lowest BCUT2D eigenvalue weighted by atomic mass is 9.78. The van der Waals surface area contributed by atoms with Gasteiger partial charge >= 0.3 is 12.9 Å². The lowest BCUT2D eigenvalue weighted by Crippen LogP contribution is -2.41. The molecule has 2 fully saturated rings. The van der Waals surface area contributed by atoms with Crippen LogP contribution in [0.2, 0.25) is 0 Å². The SMILES string of the molecule is CC1(C)OB(c2c(OC3CC3)ccnc2[N+](=O)[O-])OC1(C)C. The molecule has 0 atom stereocenters. The molecule has 118 valence electrons. The molecule has 1 aromatic heterocycles. The molecule has 22 heavy (non-hydrogen) atoms. The Morgan fingerprint density at radius 3 is 2.41 bits per heavy atom. The van der Waals surface area contributed by atoms with Gasteiger partial charge in [-0.15, -0.1) is 0 Å². The average Bonchev–Trinajstić information content (AvgIpc) is 3.17. The zero-order valence-electron chi connectivity index (χ0n) is 13.2. The molecule has 1 saturated heterocycles. The first-order valence-electron chi connectivity index (χ1n) is 7.37. The maximum Gasteiger partial charge on any atom is 0.507 e. The van der Waals surface area contributed by atoms with Crippen LogP contribution < -0.4 is 10.2 Å². The van der Waals surface area contributed by atoms with E-state index in [-0.39, 0.29) is 17.4 Å². The Bertz CT molecular complexity index is 599. The van der Waals surface area contributed by atoms with Crippen LogP contribution in [-0.2, 0) is 9.31 Å². The number of hydrogen-bond acceptors (Lipinski definition) is 6. The van der Waals surface area contributed by atoms with Crippen LogP contribution in [0, 0.1) is 10.1 Å². The van der Waals surface area contributed by atoms with Crippen molar-refractivity contribution in [2.45, 2.75) is 57.8 Å². The topological polar surface area (TPSA) is 83.7 Å². The molecule has 0 aromatic carbocycles. The normalized spacial score (nSPS) is 22.6. The lowest BCUT2D eigenvalue weighted by Gasteiger charge is -2.32. The minimum Gasteiger partial charge on any atom is -0.490 e. The van der Waals surface area contributed by atoms with Crippen molar-refractivity contribution in [1.82, 2.24) is 4.98 Å². The Hall–Kier alpha value is -1.67. The standard InChI is InChI=1S/C14H19BN2O5/c1-13(2)14(3,4)22-15(21-13)11-10(20-9-5-6-9)7-8-16-12(11)17(18)19/h7-9H,5-6H2,1-4H3. The van der Waals surface area contributed by atoms with Gasteiger partial charge in [0.1, 0.15) is 17.4 Å². The average molecular weight is 306 g/mol. The highest BCUT2D eigenvalue weighted by Gasteiger charge is 2.55. The van der Waals surface area contributed by atoms with Gasteiger partial charge in [0.15, 0.2) is 0 Å². The van der Waals surface area contributed by atoms with Crippen LogP contribution in [-0.4, -0.2) is 34.3 Å². The van der Waals surface area contributed by atoms with Crippen molar-refractivity contribution in [3.05, 3.63) is 22.4 Å². The van der Waals surface area contributed by atoms with Crippen LogP contribution in [0.5, 0.6) is 5.75 Å². The fourth-order valence-corrected chi connectivity index (χ4v) is 2.24. The number of hydrogen-bond donors (Lipinski definition) is 0. The molecule has 0 N–H and O–H groups in total. The van der Waals surface area contributed by atoms with Gasteiger partial charge in [-0.1, -0.05) is 0 Å². The van der Waals surface area contributed by atoms with Gasteiger partial charge in [0, 0.05) is 6.07 Å². The van der Waals surface area contributed by atoms with Gasteiger partial charge in [0.05, 0.1) is 17.3 Å². The molecule has 0 unspecified atom stereocenters. The Kier molecular flexibility index (Phi) is 3.41. The third-order valence-electron chi connectivity index (χ3n) is 4.41. The van der Waals surface area contributed by atoms with Crippen molar-refractivity contribution in [1.29, 1.82) is 0 Å². The summed E-state index contributed by atoms with van der Waals surface area (Å²) in [6.45, 7) is 7.60. The molecule has 1 aromatic rings. The first kappa shape index (κ1) is 15.2. The van der Waals surface area contributed by atoms with Crippen LogP contribution in [0.25, 0.3) is 0 Å². The van der Waals surface area contributed by atoms with E-state index in [4.69, 9.17) is 14.0 Å². The summed E-state index contributed by atoms with van der Waals surface area (Å²) in [5.74, 6) is 0.138. The summed E-state index contributed by atoms with van der Waals surface area (Å²) in [5.41, 5.74) is -0.908. The number of nitro groups is 1. The van der Waals surface area contributed by atoms with E-state index in [2.05, 4.69) is 4.98 Å². The monoisotopic (exact) mass is 306 g/mol. The number of ether oxygens (including phenoxy) is 1. The molecule has 3 rings (SSSR count). The largest absolute Gasteiger partial charge is 0.507 e. The second-order valence-electron chi connectivity index (χ2n) is 6.71. The summed E-state index contributed by atoms with van der Waals surface area (Å²) < 4.78 is 17.7. The molecule has 1 aliphatic carbocycles. The van der Waals surface area contributed by atoms with Crippen molar-refractivity contribution >= 4 is 18.4 Å². The molecule has 0 spiro atoms. The van der Waals surface area contributed by atoms with E-state index >= 15 is 0 Å². The first-order chi connectivity index (χ1) is 10.2. The Balaban J connectivity index is 2.02. The van der Waals surface area contributed by atoms with E-state index in [0.717, 1.165) is 12.8 Å². The van der Waals surface area contributed by atoms with E-state index < -0.39 is 23.2 Å².